The lowest BCUT2D eigenvalue weighted by Crippen LogP contribution is -2.41. The quantitative estimate of drug-likeness (QED) is 0.568. The average Bonchev–Trinajstić information content (AvgIpc) is 2.81. The first-order valence-electron chi connectivity index (χ1n) is 10.9. The van der Waals surface area contributed by atoms with Gasteiger partial charge in [-0.25, -0.2) is 8.42 Å². The van der Waals surface area contributed by atoms with Crippen LogP contribution in [0.2, 0.25) is 0 Å². The summed E-state index contributed by atoms with van der Waals surface area (Å²) in [7, 11) is -3.72. The summed E-state index contributed by atoms with van der Waals surface area (Å²) in [5, 5.41) is 2.74. The van der Waals surface area contributed by atoms with Gasteiger partial charge in [-0.2, -0.15) is 4.31 Å². The highest BCUT2D eigenvalue weighted by Crippen LogP contribution is 2.31. The van der Waals surface area contributed by atoms with Crippen molar-refractivity contribution in [3.05, 3.63) is 18.2 Å². The summed E-state index contributed by atoms with van der Waals surface area (Å²) >= 11 is 1.23. The molecular weight excluding hydrogens is 454 g/mol. The summed E-state index contributed by atoms with van der Waals surface area (Å²) in [6.45, 7) is 5.33. The minimum atomic E-state index is -3.72. The van der Waals surface area contributed by atoms with E-state index in [1.807, 2.05) is 0 Å². The molecule has 32 heavy (non-hydrogen) atoms. The zero-order valence-corrected chi connectivity index (χ0v) is 20.0. The number of anilines is 1. The van der Waals surface area contributed by atoms with Gasteiger partial charge in [-0.3, -0.25) is 9.59 Å². The lowest BCUT2D eigenvalue weighted by molar-refractivity contribution is -0.132. The van der Waals surface area contributed by atoms with Crippen LogP contribution in [-0.4, -0.2) is 86.9 Å². The first-order chi connectivity index (χ1) is 15.4. The van der Waals surface area contributed by atoms with Gasteiger partial charge in [0.2, 0.25) is 21.8 Å². The molecule has 1 aromatic carbocycles. The molecule has 1 N–H and O–H groups in total. The van der Waals surface area contributed by atoms with Crippen LogP contribution < -0.4 is 10.1 Å². The van der Waals surface area contributed by atoms with Crippen LogP contribution >= 0.6 is 11.8 Å². The number of carbonyl (C=O) groups is 2. The number of nitrogens with one attached hydrogen (secondary N) is 1. The summed E-state index contributed by atoms with van der Waals surface area (Å²) < 4.78 is 38.7. The largest absolute Gasteiger partial charge is 0.492 e. The van der Waals surface area contributed by atoms with E-state index in [1.54, 1.807) is 24.0 Å². The molecule has 0 unspecified atom stereocenters. The number of thioether (sulfide) groups is 1. The second-order valence-corrected chi connectivity index (χ2v) is 10.5. The van der Waals surface area contributed by atoms with Gasteiger partial charge in [0.25, 0.3) is 0 Å². The van der Waals surface area contributed by atoms with Gasteiger partial charge in [0.05, 0.1) is 31.3 Å². The summed E-state index contributed by atoms with van der Waals surface area (Å²) in [6, 6.07) is 4.66. The lowest BCUT2D eigenvalue weighted by atomic mass is 10.2. The second kappa shape index (κ2) is 11.9. The molecule has 2 fully saturated rings. The van der Waals surface area contributed by atoms with Gasteiger partial charge >= 0.3 is 0 Å². The Balaban J connectivity index is 1.61. The van der Waals surface area contributed by atoms with Gasteiger partial charge in [-0.1, -0.05) is 6.42 Å². The minimum absolute atomic E-state index is 0.0120. The maximum Gasteiger partial charge on any atom is 0.246 e. The number of benzene rings is 1. The molecule has 11 heteroatoms. The minimum Gasteiger partial charge on any atom is -0.492 e. The van der Waals surface area contributed by atoms with Gasteiger partial charge in [0.15, 0.2) is 0 Å². The van der Waals surface area contributed by atoms with Gasteiger partial charge in [-0.15, -0.1) is 11.8 Å². The summed E-state index contributed by atoms with van der Waals surface area (Å²) in [4.78, 5) is 26.3. The Hall–Kier alpha value is -1.82. The fraction of sp³-hybridized carbons (Fsp3) is 0.619. The lowest BCUT2D eigenvalue weighted by Gasteiger charge is -2.27. The van der Waals surface area contributed by atoms with E-state index in [-0.39, 0.29) is 34.0 Å². The number of carbonyl (C=O) groups excluding carboxylic acids is 2. The molecule has 0 radical (unpaired) electrons. The zero-order valence-electron chi connectivity index (χ0n) is 18.4. The van der Waals surface area contributed by atoms with Crippen molar-refractivity contribution in [1.29, 1.82) is 0 Å². The smallest absolute Gasteiger partial charge is 0.246 e. The number of amides is 2. The van der Waals surface area contributed by atoms with Crippen molar-refractivity contribution in [3.63, 3.8) is 0 Å². The van der Waals surface area contributed by atoms with Crippen LogP contribution in [0.3, 0.4) is 0 Å². The van der Waals surface area contributed by atoms with Crippen molar-refractivity contribution < 1.29 is 27.5 Å². The van der Waals surface area contributed by atoms with E-state index >= 15 is 0 Å². The predicted molar refractivity (Wildman–Crippen MR) is 124 cm³/mol. The maximum absolute atomic E-state index is 13.2. The number of rotatable bonds is 9. The summed E-state index contributed by atoms with van der Waals surface area (Å²) in [5.74, 6) is 0.280. The van der Waals surface area contributed by atoms with Crippen molar-refractivity contribution in [3.8, 4) is 5.75 Å². The van der Waals surface area contributed by atoms with Crippen LogP contribution in [0.25, 0.3) is 0 Å². The molecule has 0 saturated carbocycles. The van der Waals surface area contributed by atoms with Crippen LogP contribution in [-0.2, 0) is 24.3 Å². The molecule has 178 valence electrons. The van der Waals surface area contributed by atoms with E-state index in [0.29, 0.717) is 51.7 Å². The number of ether oxygens (including phenoxy) is 2. The fourth-order valence-electron chi connectivity index (χ4n) is 3.64. The summed E-state index contributed by atoms with van der Waals surface area (Å²) in [6.07, 6.45) is 2.69. The molecule has 2 aliphatic rings. The monoisotopic (exact) mass is 485 g/mol. The van der Waals surface area contributed by atoms with Crippen molar-refractivity contribution in [2.75, 3.05) is 62.8 Å². The Labute approximate surface area is 193 Å². The standard InChI is InChI=1S/C21H31N3O6S2/c1-2-30-18-7-6-17(14-19(18)32(27,28)24-8-4-3-5-9-24)22-20(25)15-31-16-21(26)23-10-12-29-13-11-23/h6-7,14H,2-5,8-13,15-16H2,1H3,(H,22,25). The number of piperidine rings is 1. The second-order valence-electron chi connectivity index (χ2n) is 7.59. The summed E-state index contributed by atoms with van der Waals surface area (Å²) in [5.41, 5.74) is 0.383. The van der Waals surface area contributed by atoms with Crippen molar-refractivity contribution >= 4 is 39.3 Å². The number of hydrogen-bond donors (Lipinski definition) is 1. The highest BCUT2D eigenvalue weighted by Gasteiger charge is 2.29. The number of morpholine rings is 1. The number of sulfonamides is 1. The average molecular weight is 486 g/mol. The molecule has 0 aromatic heterocycles. The zero-order chi connectivity index (χ0) is 23.0. The number of hydrogen-bond acceptors (Lipinski definition) is 7. The molecule has 0 spiro atoms. The first-order valence-corrected chi connectivity index (χ1v) is 13.5. The molecule has 0 bridgehead atoms. The van der Waals surface area contributed by atoms with E-state index < -0.39 is 10.0 Å². The van der Waals surface area contributed by atoms with Gasteiger partial charge < -0.3 is 19.7 Å². The van der Waals surface area contributed by atoms with Gasteiger partial charge in [0.1, 0.15) is 10.6 Å². The predicted octanol–water partition coefficient (Wildman–Crippen LogP) is 1.79. The third-order valence-electron chi connectivity index (χ3n) is 5.28. The highest BCUT2D eigenvalue weighted by atomic mass is 32.2. The normalized spacial score (nSPS) is 17.7. The van der Waals surface area contributed by atoms with Gasteiger partial charge in [0, 0.05) is 31.9 Å². The molecular formula is C21H31N3O6S2. The SMILES string of the molecule is CCOc1ccc(NC(=O)CSCC(=O)N2CCOCC2)cc1S(=O)(=O)N1CCCCC1. The Morgan fingerprint density at radius 2 is 1.81 bits per heavy atom. The van der Waals surface area contributed by atoms with E-state index in [1.165, 1.54) is 22.1 Å². The third-order valence-corrected chi connectivity index (χ3v) is 8.12. The maximum atomic E-state index is 13.2. The van der Waals surface area contributed by atoms with E-state index in [9.17, 15) is 18.0 Å². The van der Waals surface area contributed by atoms with Crippen molar-refractivity contribution in [1.82, 2.24) is 9.21 Å². The van der Waals surface area contributed by atoms with Crippen LogP contribution in [0, 0.1) is 0 Å². The van der Waals surface area contributed by atoms with Gasteiger partial charge in [-0.05, 0) is 38.0 Å². The van der Waals surface area contributed by atoms with E-state index in [4.69, 9.17) is 9.47 Å². The van der Waals surface area contributed by atoms with Crippen molar-refractivity contribution in [2.24, 2.45) is 0 Å². The molecule has 3 rings (SSSR count). The molecule has 0 atom stereocenters. The topological polar surface area (TPSA) is 105 Å². The van der Waals surface area contributed by atoms with Crippen LogP contribution in [0.1, 0.15) is 26.2 Å². The molecule has 2 saturated heterocycles. The highest BCUT2D eigenvalue weighted by molar-refractivity contribution is 8.00. The molecule has 0 aliphatic carbocycles. The molecule has 2 amide bonds. The third kappa shape index (κ3) is 6.60. The van der Waals surface area contributed by atoms with Crippen LogP contribution in [0.5, 0.6) is 5.75 Å². The Morgan fingerprint density at radius 1 is 1.09 bits per heavy atom. The van der Waals surface area contributed by atoms with Crippen molar-refractivity contribution in [2.45, 2.75) is 31.1 Å². The Kier molecular flexibility index (Phi) is 9.21. The Bertz CT molecular complexity index is 897. The Morgan fingerprint density at radius 3 is 2.50 bits per heavy atom. The molecule has 2 aliphatic heterocycles. The number of nitrogens with zero attached hydrogens (tertiary/aromatic N) is 2. The molecule has 2 heterocycles. The first kappa shape index (κ1) is 24.8. The van der Waals surface area contributed by atoms with Crippen LogP contribution in [0.15, 0.2) is 23.1 Å². The van der Waals surface area contributed by atoms with E-state index in [0.717, 1.165) is 19.3 Å². The van der Waals surface area contributed by atoms with Crippen LogP contribution in [0.4, 0.5) is 5.69 Å². The molecule has 1 aromatic rings. The van der Waals surface area contributed by atoms with E-state index in [2.05, 4.69) is 5.32 Å². The fourth-order valence-corrected chi connectivity index (χ4v) is 6.03. The molecule has 9 nitrogen and oxygen atoms in total.